The monoisotopic (exact) mass is 593 g/mol. The highest BCUT2D eigenvalue weighted by atomic mass is 16.5. The van der Waals surface area contributed by atoms with Crippen molar-refractivity contribution in [3.63, 3.8) is 0 Å². The molecule has 0 radical (unpaired) electrons. The van der Waals surface area contributed by atoms with E-state index in [1.807, 2.05) is 52.5 Å². The second-order valence-corrected chi connectivity index (χ2v) is 12.6. The molecule has 0 N–H and O–H groups in total. The lowest BCUT2D eigenvalue weighted by Crippen LogP contribution is -2.55. The lowest BCUT2D eigenvalue weighted by molar-refractivity contribution is 0.0522. The number of hydrogen-bond acceptors (Lipinski definition) is 7. The Hall–Kier alpha value is -4.08. The summed E-state index contributed by atoms with van der Waals surface area (Å²) in [5.74, 6) is 1.14. The van der Waals surface area contributed by atoms with Gasteiger partial charge in [-0.3, -0.25) is 28.7 Å². The Balaban J connectivity index is 1.14. The molecule has 0 bridgehead atoms. The number of aryl methyl sites for hydroxylation is 1. The predicted octanol–water partition coefficient (Wildman–Crippen LogP) is 5.39. The standard InChI is InChI=1S/C35H43N7O2/c1-23(2)30-11-8-10-28(37-30)22-42-31-12-7-9-27(35(31)26(5)38-42)17-33(43)32-19-36-34-18-29(13-14-41(32)34)44-16-15-40-20-24(3)39(6)25(4)21-40/h7-14,18-19,23-25H,15-17,20-22H2,1-6H3/t24-,25+. The van der Waals surface area contributed by atoms with Crippen molar-refractivity contribution >= 4 is 22.3 Å². The Labute approximate surface area is 259 Å². The first-order valence-electron chi connectivity index (χ1n) is 15.7. The van der Waals surface area contributed by atoms with Crippen LogP contribution < -0.4 is 4.74 Å². The molecule has 44 heavy (non-hydrogen) atoms. The fourth-order valence-corrected chi connectivity index (χ4v) is 6.34. The molecule has 230 valence electrons. The summed E-state index contributed by atoms with van der Waals surface area (Å²) < 4.78 is 9.94. The number of pyridine rings is 2. The minimum absolute atomic E-state index is 0.00965. The van der Waals surface area contributed by atoms with Gasteiger partial charge in [-0.1, -0.05) is 32.0 Å². The number of aromatic nitrogens is 5. The number of piperazine rings is 1. The largest absolute Gasteiger partial charge is 0.492 e. The van der Waals surface area contributed by atoms with Crippen LogP contribution in [0.3, 0.4) is 0 Å². The molecule has 5 aromatic rings. The van der Waals surface area contributed by atoms with E-state index in [9.17, 15) is 4.79 Å². The first-order chi connectivity index (χ1) is 21.2. The van der Waals surface area contributed by atoms with Crippen LogP contribution in [0.1, 0.15) is 66.7 Å². The number of imidazole rings is 1. The number of Topliss-reactive ketones (excluding diaryl/α,β-unsaturated/α-hetero) is 1. The molecule has 1 aliphatic rings. The zero-order valence-electron chi connectivity index (χ0n) is 26.7. The van der Waals surface area contributed by atoms with Crippen LogP contribution in [-0.2, 0) is 13.0 Å². The summed E-state index contributed by atoms with van der Waals surface area (Å²) >= 11 is 0. The van der Waals surface area contributed by atoms with Gasteiger partial charge in [0.15, 0.2) is 5.78 Å². The summed E-state index contributed by atoms with van der Waals surface area (Å²) in [6.07, 6.45) is 3.81. The van der Waals surface area contributed by atoms with Crippen molar-refractivity contribution in [1.29, 1.82) is 0 Å². The summed E-state index contributed by atoms with van der Waals surface area (Å²) in [4.78, 5) is 27.9. The molecule has 6 rings (SSSR count). The van der Waals surface area contributed by atoms with E-state index in [-0.39, 0.29) is 12.2 Å². The van der Waals surface area contributed by atoms with Crippen molar-refractivity contribution in [2.75, 3.05) is 33.3 Å². The van der Waals surface area contributed by atoms with E-state index >= 15 is 0 Å². The molecule has 0 spiro atoms. The third-order valence-electron chi connectivity index (χ3n) is 9.00. The fourth-order valence-electron chi connectivity index (χ4n) is 6.34. The van der Waals surface area contributed by atoms with Gasteiger partial charge in [-0.2, -0.15) is 5.10 Å². The van der Waals surface area contributed by atoms with E-state index in [1.165, 1.54) is 0 Å². The number of carbonyl (C=O) groups is 1. The molecular formula is C35H43N7O2. The summed E-state index contributed by atoms with van der Waals surface area (Å²) in [6.45, 7) is 15.0. The number of fused-ring (bicyclic) bond motifs is 2. The minimum atomic E-state index is 0.00965. The third-order valence-corrected chi connectivity index (χ3v) is 9.00. The number of benzene rings is 1. The number of likely N-dealkylation sites (N-methyl/N-ethyl adjacent to an activating group) is 1. The molecule has 1 fully saturated rings. The van der Waals surface area contributed by atoms with Gasteiger partial charge in [0.05, 0.1) is 29.6 Å². The van der Waals surface area contributed by atoms with Crippen LogP contribution in [0.4, 0.5) is 0 Å². The number of rotatable bonds is 10. The summed E-state index contributed by atoms with van der Waals surface area (Å²) in [6, 6.07) is 17.1. The maximum absolute atomic E-state index is 13.6. The van der Waals surface area contributed by atoms with E-state index in [1.54, 1.807) is 6.20 Å². The van der Waals surface area contributed by atoms with E-state index in [4.69, 9.17) is 14.8 Å². The third kappa shape index (κ3) is 6.12. The van der Waals surface area contributed by atoms with Gasteiger partial charge >= 0.3 is 0 Å². The van der Waals surface area contributed by atoms with Gasteiger partial charge in [-0.25, -0.2) is 4.98 Å². The first-order valence-corrected chi connectivity index (χ1v) is 15.7. The molecule has 2 atom stereocenters. The van der Waals surface area contributed by atoms with E-state index in [2.05, 4.69) is 67.7 Å². The maximum atomic E-state index is 13.6. The normalized spacial score (nSPS) is 18.1. The van der Waals surface area contributed by atoms with Crippen molar-refractivity contribution < 1.29 is 9.53 Å². The first kappa shape index (κ1) is 30.0. The molecule has 4 aromatic heterocycles. The number of ketones is 1. The predicted molar refractivity (Wildman–Crippen MR) is 174 cm³/mol. The van der Waals surface area contributed by atoms with Gasteiger partial charge in [-0.05, 0) is 63.6 Å². The van der Waals surface area contributed by atoms with Crippen molar-refractivity contribution in [3.8, 4) is 5.75 Å². The number of carbonyl (C=O) groups excluding carboxylic acids is 1. The topological polar surface area (TPSA) is 80.8 Å². The van der Waals surface area contributed by atoms with Gasteiger partial charge in [0.1, 0.15) is 23.7 Å². The van der Waals surface area contributed by atoms with E-state index < -0.39 is 0 Å². The molecule has 0 unspecified atom stereocenters. The van der Waals surface area contributed by atoms with E-state index in [0.29, 0.717) is 42.5 Å². The maximum Gasteiger partial charge on any atom is 0.185 e. The highest BCUT2D eigenvalue weighted by molar-refractivity contribution is 5.99. The average molecular weight is 594 g/mol. The lowest BCUT2D eigenvalue weighted by atomic mass is 10.0. The molecule has 0 amide bonds. The highest BCUT2D eigenvalue weighted by Crippen LogP contribution is 2.26. The Morgan fingerprint density at radius 2 is 1.84 bits per heavy atom. The molecule has 0 saturated carbocycles. The van der Waals surface area contributed by atoms with Crippen LogP contribution >= 0.6 is 0 Å². The smallest absolute Gasteiger partial charge is 0.185 e. The molecule has 0 aliphatic carbocycles. The zero-order valence-corrected chi connectivity index (χ0v) is 26.7. The Morgan fingerprint density at radius 3 is 2.61 bits per heavy atom. The lowest BCUT2D eigenvalue weighted by Gasteiger charge is -2.42. The number of hydrogen-bond donors (Lipinski definition) is 0. The fraction of sp³-hybridized carbons (Fsp3) is 0.429. The van der Waals surface area contributed by atoms with Crippen molar-refractivity contribution in [2.45, 2.75) is 65.6 Å². The number of ether oxygens (including phenoxy) is 1. The zero-order chi connectivity index (χ0) is 31.0. The van der Waals surface area contributed by atoms with Crippen LogP contribution in [-0.4, -0.2) is 85.1 Å². The average Bonchev–Trinajstić information content (AvgIpc) is 3.57. The molecular weight excluding hydrogens is 550 g/mol. The van der Waals surface area contributed by atoms with Crippen LogP contribution in [0.2, 0.25) is 0 Å². The van der Waals surface area contributed by atoms with Crippen molar-refractivity contribution in [2.24, 2.45) is 0 Å². The van der Waals surface area contributed by atoms with Gasteiger partial charge < -0.3 is 4.74 Å². The SMILES string of the molecule is Cc1nn(Cc2cccc(C(C)C)n2)c2cccc(CC(=O)c3cnc4cc(OCCN5C[C@@H](C)N(C)[C@@H](C)C5)ccn34)c12. The second-order valence-electron chi connectivity index (χ2n) is 12.6. The Bertz CT molecular complexity index is 1780. The van der Waals surface area contributed by atoms with Gasteiger partial charge in [-0.15, -0.1) is 0 Å². The second kappa shape index (κ2) is 12.5. The van der Waals surface area contributed by atoms with Crippen molar-refractivity contribution in [3.05, 3.63) is 89.3 Å². The summed E-state index contributed by atoms with van der Waals surface area (Å²) in [5, 5.41) is 5.87. The van der Waals surface area contributed by atoms with E-state index in [0.717, 1.165) is 58.9 Å². The summed E-state index contributed by atoms with van der Waals surface area (Å²) in [7, 11) is 2.20. The number of nitrogens with zero attached hydrogens (tertiary/aromatic N) is 7. The van der Waals surface area contributed by atoms with Gasteiger partial charge in [0.2, 0.25) is 0 Å². The van der Waals surface area contributed by atoms with Crippen LogP contribution in [0.15, 0.2) is 60.9 Å². The molecule has 5 heterocycles. The minimum Gasteiger partial charge on any atom is -0.492 e. The molecule has 9 heteroatoms. The molecule has 1 aromatic carbocycles. The van der Waals surface area contributed by atoms with Crippen LogP contribution in [0, 0.1) is 6.92 Å². The molecule has 9 nitrogen and oxygen atoms in total. The molecule has 1 saturated heterocycles. The Morgan fingerprint density at radius 1 is 1.07 bits per heavy atom. The van der Waals surface area contributed by atoms with Gasteiger partial charge in [0.25, 0.3) is 0 Å². The highest BCUT2D eigenvalue weighted by Gasteiger charge is 2.26. The van der Waals surface area contributed by atoms with Crippen LogP contribution in [0.5, 0.6) is 5.75 Å². The van der Waals surface area contributed by atoms with Crippen molar-refractivity contribution in [1.82, 2.24) is 33.9 Å². The molecule has 1 aliphatic heterocycles. The Kier molecular flexibility index (Phi) is 8.51. The quantitative estimate of drug-likeness (QED) is 0.201. The van der Waals surface area contributed by atoms with Gasteiger partial charge in [0, 0.05) is 61.5 Å². The summed E-state index contributed by atoms with van der Waals surface area (Å²) in [5.41, 5.74) is 6.18. The van der Waals surface area contributed by atoms with Crippen LogP contribution in [0.25, 0.3) is 16.6 Å².